The fourth-order valence-electron chi connectivity index (χ4n) is 2.08. The zero-order valence-corrected chi connectivity index (χ0v) is 7.19. The highest BCUT2D eigenvalue weighted by Gasteiger charge is 2.52. The SMILES string of the molecule is CCOC(=O)N1CC2CC1C2N. The molecule has 0 aromatic rings. The lowest BCUT2D eigenvalue weighted by Crippen LogP contribution is -2.50. The van der Waals surface area contributed by atoms with E-state index in [4.69, 9.17) is 10.5 Å². The van der Waals surface area contributed by atoms with Gasteiger partial charge in [0.05, 0.1) is 12.6 Å². The number of amides is 1. The Kier molecular flexibility index (Phi) is 1.72. The first kappa shape index (κ1) is 7.86. The summed E-state index contributed by atoms with van der Waals surface area (Å²) in [5.41, 5.74) is 5.80. The standard InChI is InChI=1S/C8H14N2O2/c1-2-12-8(11)10-4-5-3-6(10)7(5)9/h5-7H,2-4,9H2,1H3. The van der Waals surface area contributed by atoms with Gasteiger partial charge in [0.25, 0.3) is 0 Å². The Bertz CT molecular complexity index is 207. The summed E-state index contributed by atoms with van der Waals surface area (Å²) in [6, 6.07) is 0.462. The maximum atomic E-state index is 11.3. The second kappa shape index (κ2) is 2.62. The van der Waals surface area contributed by atoms with E-state index in [0.717, 1.165) is 13.0 Å². The van der Waals surface area contributed by atoms with Crippen molar-refractivity contribution in [2.75, 3.05) is 13.2 Å². The van der Waals surface area contributed by atoms with Crippen molar-refractivity contribution in [1.29, 1.82) is 0 Å². The minimum absolute atomic E-state index is 0.196. The number of nitrogens with zero attached hydrogens (tertiary/aromatic N) is 1. The van der Waals surface area contributed by atoms with Crippen molar-refractivity contribution in [2.24, 2.45) is 11.7 Å². The minimum Gasteiger partial charge on any atom is -0.450 e. The first-order valence-electron chi connectivity index (χ1n) is 4.43. The van der Waals surface area contributed by atoms with E-state index < -0.39 is 0 Å². The van der Waals surface area contributed by atoms with Crippen LogP contribution in [0.25, 0.3) is 0 Å². The predicted molar refractivity (Wildman–Crippen MR) is 43.6 cm³/mol. The van der Waals surface area contributed by atoms with E-state index in [1.54, 1.807) is 4.90 Å². The Labute approximate surface area is 71.7 Å². The molecular weight excluding hydrogens is 156 g/mol. The summed E-state index contributed by atoms with van der Waals surface area (Å²) in [5, 5.41) is 0. The Balaban J connectivity index is 1.94. The summed E-state index contributed by atoms with van der Waals surface area (Å²) >= 11 is 0. The van der Waals surface area contributed by atoms with E-state index in [9.17, 15) is 4.79 Å². The van der Waals surface area contributed by atoms with Crippen LogP contribution in [-0.2, 0) is 4.74 Å². The molecule has 2 heterocycles. The zero-order valence-electron chi connectivity index (χ0n) is 7.19. The number of hydrogen-bond acceptors (Lipinski definition) is 3. The van der Waals surface area contributed by atoms with Gasteiger partial charge in [0.1, 0.15) is 0 Å². The smallest absolute Gasteiger partial charge is 0.410 e. The summed E-state index contributed by atoms with van der Waals surface area (Å²) in [6.45, 7) is 3.06. The van der Waals surface area contributed by atoms with E-state index in [1.807, 2.05) is 6.92 Å². The monoisotopic (exact) mass is 170 g/mol. The highest BCUT2D eigenvalue weighted by atomic mass is 16.6. The van der Waals surface area contributed by atoms with Crippen LogP contribution in [0.15, 0.2) is 0 Å². The maximum absolute atomic E-state index is 11.3. The summed E-state index contributed by atoms with van der Waals surface area (Å²) < 4.78 is 4.90. The minimum atomic E-state index is -0.196. The van der Waals surface area contributed by atoms with E-state index in [-0.39, 0.29) is 18.2 Å². The number of nitrogens with two attached hydrogens (primary N) is 1. The largest absolute Gasteiger partial charge is 0.450 e. The predicted octanol–water partition coefficient (Wildman–Crippen LogP) is 0.174. The van der Waals surface area contributed by atoms with Gasteiger partial charge < -0.3 is 15.4 Å². The van der Waals surface area contributed by atoms with Crippen molar-refractivity contribution >= 4 is 6.09 Å². The van der Waals surface area contributed by atoms with Crippen molar-refractivity contribution in [1.82, 2.24) is 4.90 Å². The molecule has 0 spiro atoms. The topological polar surface area (TPSA) is 55.6 Å². The molecule has 2 saturated heterocycles. The molecule has 3 atom stereocenters. The van der Waals surface area contributed by atoms with Crippen LogP contribution in [-0.4, -0.2) is 36.2 Å². The molecule has 12 heavy (non-hydrogen) atoms. The molecule has 0 radical (unpaired) electrons. The quantitative estimate of drug-likeness (QED) is 0.610. The van der Waals surface area contributed by atoms with Gasteiger partial charge in [0.15, 0.2) is 0 Å². The van der Waals surface area contributed by atoms with E-state index in [2.05, 4.69) is 0 Å². The third kappa shape index (κ3) is 0.909. The van der Waals surface area contributed by atoms with E-state index in [0.29, 0.717) is 12.5 Å². The van der Waals surface area contributed by atoms with Crippen LogP contribution >= 0.6 is 0 Å². The average Bonchev–Trinajstić information content (AvgIpc) is 2.60. The van der Waals surface area contributed by atoms with Crippen LogP contribution in [0.3, 0.4) is 0 Å². The van der Waals surface area contributed by atoms with Gasteiger partial charge in [0.2, 0.25) is 0 Å². The number of hydrogen-bond donors (Lipinski definition) is 1. The first-order valence-corrected chi connectivity index (χ1v) is 4.43. The molecule has 3 rings (SSSR count). The molecule has 2 bridgehead atoms. The first-order chi connectivity index (χ1) is 5.74. The molecule has 1 aliphatic carbocycles. The number of fused-ring (bicyclic) bond motifs is 1. The molecule has 3 unspecified atom stereocenters. The van der Waals surface area contributed by atoms with Crippen LogP contribution in [0.1, 0.15) is 13.3 Å². The van der Waals surface area contributed by atoms with Crippen LogP contribution in [0.2, 0.25) is 0 Å². The second-order valence-corrected chi connectivity index (χ2v) is 3.49. The summed E-state index contributed by atoms with van der Waals surface area (Å²) in [5.74, 6) is 0.527. The number of carbonyl (C=O) groups is 1. The van der Waals surface area contributed by atoms with Crippen LogP contribution in [0, 0.1) is 5.92 Å². The molecule has 0 aromatic carbocycles. The molecule has 0 aromatic heterocycles. The average molecular weight is 170 g/mol. The van der Waals surface area contributed by atoms with Crippen molar-refractivity contribution in [3.05, 3.63) is 0 Å². The Morgan fingerprint density at radius 1 is 1.75 bits per heavy atom. The van der Waals surface area contributed by atoms with Crippen LogP contribution < -0.4 is 5.73 Å². The Hall–Kier alpha value is -0.770. The normalized spacial score (nSPS) is 37.8. The fourth-order valence-corrected chi connectivity index (χ4v) is 2.08. The lowest BCUT2D eigenvalue weighted by molar-refractivity contribution is 0.102. The van der Waals surface area contributed by atoms with E-state index >= 15 is 0 Å². The van der Waals surface area contributed by atoms with Gasteiger partial charge in [-0.25, -0.2) is 4.79 Å². The van der Waals surface area contributed by atoms with Gasteiger partial charge in [-0.1, -0.05) is 0 Å². The van der Waals surface area contributed by atoms with Gasteiger partial charge in [-0.3, -0.25) is 0 Å². The molecule has 1 saturated carbocycles. The van der Waals surface area contributed by atoms with Gasteiger partial charge in [-0.05, 0) is 19.3 Å². The highest BCUT2D eigenvalue weighted by Crippen LogP contribution is 2.39. The maximum Gasteiger partial charge on any atom is 0.410 e. The third-order valence-electron chi connectivity index (χ3n) is 2.87. The number of ether oxygens (including phenoxy) is 1. The van der Waals surface area contributed by atoms with Crippen LogP contribution in [0.4, 0.5) is 4.79 Å². The van der Waals surface area contributed by atoms with Crippen LogP contribution in [0.5, 0.6) is 0 Å². The van der Waals surface area contributed by atoms with Crippen molar-refractivity contribution in [2.45, 2.75) is 25.4 Å². The van der Waals surface area contributed by atoms with Crippen molar-refractivity contribution in [3.63, 3.8) is 0 Å². The summed E-state index contributed by atoms with van der Waals surface area (Å²) in [6.07, 6.45) is 0.873. The molecule has 2 aliphatic heterocycles. The zero-order chi connectivity index (χ0) is 8.72. The highest BCUT2D eigenvalue weighted by molar-refractivity contribution is 5.69. The molecule has 3 aliphatic rings. The second-order valence-electron chi connectivity index (χ2n) is 3.49. The van der Waals surface area contributed by atoms with Crippen molar-refractivity contribution in [3.8, 4) is 0 Å². The van der Waals surface area contributed by atoms with Gasteiger partial charge in [-0.15, -0.1) is 0 Å². The number of carbonyl (C=O) groups excluding carboxylic acids is 1. The molecular formula is C8H14N2O2. The fraction of sp³-hybridized carbons (Fsp3) is 0.875. The molecule has 4 nitrogen and oxygen atoms in total. The number of rotatable bonds is 1. The molecule has 2 N–H and O–H groups in total. The summed E-state index contributed by atoms with van der Waals surface area (Å²) in [7, 11) is 0. The third-order valence-corrected chi connectivity index (χ3v) is 2.87. The van der Waals surface area contributed by atoms with E-state index in [1.165, 1.54) is 0 Å². The molecule has 4 heteroatoms. The van der Waals surface area contributed by atoms with Gasteiger partial charge in [-0.2, -0.15) is 0 Å². The van der Waals surface area contributed by atoms with Gasteiger partial charge in [0, 0.05) is 12.6 Å². The summed E-state index contributed by atoms with van der Waals surface area (Å²) in [4.78, 5) is 13.0. The van der Waals surface area contributed by atoms with Crippen molar-refractivity contribution < 1.29 is 9.53 Å². The van der Waals surface area contributed by atoms with Gasteiger partial charge >= 0.3 is 6.09 Å². The molecule has 68 valence electrons. The molecule has 3 fully saturated rings. The Morgan fingerprint density at radius 3 is 2.92 bits per heavy atom. The lowest BCUT2D eigenvalue weighted by Gasteiger charge is -2.32. The molecule has 1 amide bonds. The lowest BCUT2D eigenvalue weighted by atomic mass is 9.81. The Morgan fingerprint density at radius 2 is 2.50 bits per heavy atom.